The van der Waals surface area contributed by atoms with Crippen LogP contribution in [0.5, 0.6) is 5.75 Å². The van der Waals surface area contributed by atoms with Crippen LogP contribution in [0.4, 0.5) is 5.69 Å². The van der Waals surface area contributed by atoms with Crippen LogP contribution in [0.25, 0.3) is 0 Å². The summed E-state index contributed by atoms with van der Waals surface area (Å²) in [6, 6.07) is 8.00. The summed E-state index contributed by atoms with van der Waals surface area (Å²) in [5.41, 5.74) is 1.13. The summed E-state index contributed by atoms with van der Waals surface area (Å²) >= 11 is 0. The number of carbonyl (C=O) groups excluding carboxylic acids is 1. The summed E-state index contributed by atoms with van der Waals surface area (Å²) in [6.07, 6.45) is 0. The van der Waals surface area contributed by atoms with Crippen LogP contribution in [0.15, 0.2) is 24.3 Å². The molecule has 1 heterocycles. The van der Waals surface area contributed by atoms with Crippen molar-refractivity contribution < 1.29 is 9.53 Å². The Kier molecular flexibility index (Phi) is 6.87. The molecule has 0 bridgehead atoms. The molecule has 1 aliphatic heterocycles. The highest BCUT2D eigenvalue weighted by Gasteiger charge is 2.26. The lowest BCUT2D eigenvalue weighted by atomic mass is 10.2. The second kappa shape index (κ2) is 8.89. The number of methoxy groups -OCH3 is 1. The number of piperazine rings is 1. The Hall–Kier alpha value is -1.79. The maximum atomic E-state index is 12.3. The molecule has 1 aliphatic rings. The van der Waals surface area contributed by atoms with Crippen molar-refractivity contribution in [2.75, 3.05) is 65.4 Å². The summed E-state index contributed by atoms with van der Waals surface area (Å²) in [5, 5.41) is 3.02. The van der Waals surface area contributed by atoms with E-state index in [0.717, 1.165) is 44.2 Å². The van der Waals surface area contributed by atoms with Gasteiger partial charge in [0, 0.05) is 39.3 Å². The van der Waals surface area contributed by atoms with Crippen molar-refractivity contribution in [2.45, 2.75) is 13.0 Å². The van der Waals surface area contributed by atoms with Gasteiger partial charge in [-0.1, -0.05) is 12.1 Å². The number of amides is 1. The van der Waals surface area contributed by atoms with Crippen LogP contribution in [0.3, 0.4) is 0 Å². The number of benzene rings is 1. The SMILES string of the molecule is COc1ccccc1N1CCN(C(C)C(=O)NCCN(C)C)CC1. The number of hydrogen-bond donors (Lipinski definition) is 1. The van der Waals surface area contributed by atoms with Crippen LogP contribution in [-0.4, -0.2) is 82.2 Å². The molecule has 0 spiro atoms. The first-order chi connectivity index (χ1) is 11.5. The van der Waals surface area contributed by atoms with Crippen molar-refractivity contribution in [3.63, 3.8) is 0 Å². The van der Waals surface area contributed by atoms with Gasteiger partial charge in [-0.3, -0.25) is 9.69 Å². The smallest absolute Gasteiger partial charge is 0.237 e. The van der Waals surface area contributed by atoms with Gasteiger partial charge in [0.1, 0.15) is 5.75 Å². The Labute approximate surface area is 145 Å². The van der Waals surface area contributed by atoms with E-state index in [2.05, 4.69) is 26.1 Å². The van der Waals surface area contributed by atoms with E-state index in [4.69, 9.17) is 4.74 Å². The van der Waals surface area contributed by atoms with Gasteiger partial charge in [0.05, 0.1) is 18.8 Å². The minimum atomic E-state index is -0.0908. The first kappa shape index (κ1) is 18.5. The van der Waals surface area contributed by atoms with Crippen molar-refractivity contribution in [1.29, 1.82) is 0 Å². The van der Waals surface area contributed by atoms with Crippen molar-refractivity contribution in [2.24, 2.45) is 0 Å². The molecule has 0 radical (unpaired) electrons. The first-order valence-electron chi connectivity index (χ1n) is 8.57. The van der Waals surface area contributed by atoms with Gasteiger partial charge in [-0.2, -0.15) is 0 Å². The largest absolute Gasteiger partial charge is 0.495 e. The third-order valence-electron chi connectivity index (χ3n) is 4.53. The molecule has 2 rings (SSSR count). The van der Waals surface area contributed by atoms with Gasteiger partial charge in [0.15, 0.2) is 0 Å². The maximum absolute atomic E-state index is 12.3. The highest BCUT2D eigenvalue weighted by molar-refractivity contribution is 5.81. The van der Waals surface area contributed by atoms with E-state index in [1.807, 2.05) is 39.2 Å². The van der Waals surface area contributed by atoms with Gasteiger partial charge >= 0.3 is 0 Å². The molecule has 0 aromatic heterocycles. The first-order valence-corrected chi connectivity index (χ1v) is 8.57. The lowest BCUT2D eigenvalue weighted by Gasteiger charge is -2.38. The topological polar surface area (TPSA) is 48.1 Å². The van der Waals surface area contributed by atoms with E-state index in [9.17, 15) is 4.79 Å². The fraction of sp³-hybridized carbons (Fsp3) is 0.611. The maximum Gasteiger partial charge on any atom is 0.237 e. The molecular formula is C18H30N4O2. The van der Waals surface area contributed by atoms with E-state index in [0.29, 0.717) is 6.54 Å². The Morgan fingerprint density at radius 1 is 1.25 bits per heavy atom. The number of ether oxygens (including phenoxy) is 1. The van der Waals surface area contributed by atoms with E-state index < -0.39 is 0 Å². The summed E-state index contributed by atoms with van der Waals surface area (Å²) in [4.78, 5) is 18.9. The van der Waals surface area contributed by atoms with Crippen LogP contribution in [-0.2, 0) is 4.79 Å². The zero-order valence-electron chi connectivity index (χ0n) is 15.3. The summed E-state index contributed by atoms with van der Waals surface area (Å²) < 4.78 is 5.45. The fourth-order valence-electron chi connectivity index (χ4n) is 2.96. The molecule has 1 aromatic carbocycles. The molecule has 1 amide bonds. The summed E-state index contributed by atoms with van der Waals surface area (Å²) in [7, 11) is 5.72. The number of rotatable bonds is 7. The molecule has 0 saturated carbocycles. The number of hydrogen-bond acceptors (Lipinski definition) is 5. The molecule has 1 aromatic rings. The average Bonchev–Trinajstić information content (AvgIpc) is 2.60. The third-order valence-corrected chi connectivity index (χ3v) is 4.53. The van der Waals surface area contributed by atoms with Crippen LogP contribution in [0.2, 0.25) is 0 Å². The standard InChI is InChI=1S/C18H30N4O2/c1-15(18(23)19-9-10-20(2)3)21-11-13-22(14-12-21)16-7-5-6-8-17(16)24-4/h5-8,15H,9-14H2,1-4H3,(H,19,23). The Bertz CT molecular complexity index is 528. The van der Waals surface area contributed by atoms with E-state index in [1.165, 1.54) is 0 Å². The second-order valence-electron chi connectivity index (χ2n) is 6.47. The van der Waals surface area contributed by atoms with Crippen molar-refractivity contribution in [1.82, 2.24) is 15.1 Å². The zero-order chi connectivity index (χ0) is 17.5. The quantitative estimate of drug-likeness (QED) is 0.802. The second-order valence-corrected chi connectivity index (χ2v) is 6.47. The molecule has 134 valence electrons. The minimum Gasteiger partial charge on any atom is -0.495 e. The number of anilines is 1. The monoisotopic (exact) mass is 334 g/mol. The average molecular weight is 334 g/mol. The molecule has 6 heteroatoms. The number of likely N-dealkylation sites (N-methyl/N-ethyl adjacent to an activating group) is 1. The number of nitrogens with one attached hydrogen (secondary N) is 1. The van der Waals surface area contributed by atoms with Gasteiger partial charge in [-0.05, 0) is 33.2 Å². The van der Waals surface area contributed by atoms with Gasteiger partial charge in [-0.15, -0.1) is 0 Å². The molecular weight excluding hydrogens is 304 g/mol. The Balaban J connectivity index is 1.84. The molecule has 1 N–H and O–H groups in total. The van der Waals surface area contributed by atoms with E-state index >= 15 is 0 Å². The van der Waals surface area contributed by atoms with E-state index in [1.54, 1.807) is 7.11 Å². The van der Waals surface area contributed by atoms with Gasteiger partial charge in [-0.25, -0.2) is 0 Å². The Morgan fingerprint density at radius 2 is 1.92 bits per heavy atom. The molecule has 6 nitrogen and oxygen atoms in total. The van der Waals surface area contributed by atoms with Crippen molar-refractivity contribution in [3.8, 4) is 5.75 Å². The molecule has 1 atom stereocenters. The lowest BCUT2D eigenvalue weighted by molar-refractivity contribution is -0.126. The fourth-order valence-corrected chi connectivity index (χ4v) is 2.96. The predicted molar refractivity (Wildman–Crippen MR) is 97.8 cm³/mol. The minimum absolute atomic E-state index is 0.0908. The molecule has 1 saturated heterocycles. The summed E-state index contributed by atoms with van der Waals surface area (Å²) in [5.74, 6) is 1.02. The van der Waals surface area contributed by atoms with Gasteiger partial charge < -0.3 is 19.9 Å². The van der Waals surface area contributed by atoms with Crippen molar-refractivity contribution >= 4 is 11.6 Å². The molecule has 1 unspecified atom stereocenters. The molecule has 24 heavy (non-hydrogen) atoms. The molecule has 1 fully saturated rings. The zero-order valence-corrected chi connectivity index (χ0v) is 15.3. The highest BCUT2D eigenvalue weighted by Crippen LogP contribution is 2.28. The Morgan fingerprint density at radius 3 is 2.54 bits per heavy atom. The molecule has 0 aliphatic carbocycles. The van der Waals surface area contributed by atoms with Gasteiger partial charge in [0.2, 0.25) is 5.91 Å². The third kappa shape index (κ3) is 4.85. The highest BCUT2D eigenvalue weighted by atomic mass is 16.5. The van der Waals surface area contributed by atoms with E-state index in [-0.39, 0.29) is 11.9 Å². The van der Waals surface area contributed by atoms with Crippen molar-refractivity contribution in [3.05, 3.63) is 24.3 Å². The predicted octanol–water partition coefficient (Wildman–Crippen LogP) is 0.884. The number of nitrogens with zero attached hydrogens (tertiary/aromatic N) is 3. The number of carbonyl (C=O) groups is 1. The van der Waals surface area contributed by atoms with Gasteiger partial charge in [0.25, 0.3) is 0 Å². The van der Waals surface area contributed by atoms with Crippen LogP contribution in [0.1, 0.15) is 6.92 Å². The normalized spacial score (nSPS) is 17.0. The summed E-state index contributed by atoms with van der Waals surface area (Å²) in [6.45, 7) is 7.09. The lowest BCUT2D eigenvalue weighted by Crippen LogP contribution is -2.54. The van der Waals surface area contributed by atoms with Crippen LogP contribution in [0, 0.1) is 0 Å². The number of para-hydroxylation sites is 2. The van der Waals surface area contributed by atoms with Crippen LogP contribution >= 0.6 is 0 Å². The van der Waals surface area contributed by atoms with Crippen LogP contribution < -0.4 is 15.0 Å².